The molecule has 2 N–H and O–H groups in total. The number of hydrogen-bond donors (Lipinski definition) is 2. The number of benzene rings is 1. The van der Waals surface area contributed by atoms with E-state index in [0.717, 1.165) is 53.0 Å². The number of carbonyl (C=O) groups excluding carboxylic acids is 1. The van der Waals surface area contributed by atoms with Gasteiger partial charge in [-0.15, -0.1) is 21.5 Å². The van der Waals surface area contributed by atoms with Gasteiger partial charge in [0.25, 0.3) is 0 Å². The molecule has 0 unspecified atom stereocenters. The fraction of sp³-hybridized carbons (Fsp3) is 0.480. The van der Waals surface area contributed by atoms with E-state index in [1.807, 2.05) is 44.4 Å². The monoisotopic (exact) mass is 482 g/mol. The summed E-state index contributed by atoms with van der Waals surface area (Å²) in [4.78, 5) is 14.4. The predicted octanol–water partition coefficient (Wildman–Crippen LogP) is 4.31. The first kappa shape index (κ1) is 23.0. The van der Waals surface area contributed by atoms with Crippen molar-refractivity contribution in [3.63, 3.8) is 0 Å². The third kappa shape index (κ3) is 4.73. The number of nitrogens with zero attached hydrogens (tertiary/aromatic N) is 3. The minimum atomic E-state index is -0.481. The molecule has 1 aromatic carbocycles. The average molecular weight is 483 g/mol. The molecule has 0 saturated carbocycles. The summed E-state index contributed by atoms with van der Waals surface area (Å²) in [5.74, 6) is 0.748. The number of aromatic nitrogens is 2. The molecular formula is C25H30N4O4S. The molecule has 4 heterocycles. The lowest BCUT2D eigenvalue weighted by Crippen LogP contribution is -2.45. The molecule has 0 spiro atoms. The number of piperidine rings is 1. The van der Waals surface area contributed by atoms with Crippen LogP contribution in [0.3, 0.4) is 0 Å². The Balaban J connectivity index is 1.34. The molecule has 0 aliphatic carbocycles. The van der Waals surface area contributed by atoms with Crippen molar-refractivity contribution >= 4 is 33.2 Å². The van der Waals surface area contributed by atoms with Crippen LogP contribution >= 0.6 is 11.3 Å². The first-order valence-electron chi connectivity index (χ1n) is 11.6. The minimum absolute atomic E-state index is 0.150. The van der Waals surface area contributed by atoms with E-state index >= 15 is 0 Å². The number of thiophene rings is 1. The van der Waals surface area contributed by atoms with E-state index in [2.05, 4.69) is 20.4 Å². The average Bonchev–Trinajstić information content (AvgIpc) is 3.44. The summed E-state index contributed by atoms with van der Waals surface area (Å²) in [6, 6.07) is 5.98. The number of phenols is 1. The van der Waals surface area contributed by atoms with Gasteiger partial charge in [-0.3, -0.25) is 9.69 Å². The third-order valence-corrected chi connectivity index (χ3v) is 7.04. The highest BCUT2D eigenvalue weighted by molar-refractivity contribution is 7.17. The molecule has 0 radical (unpaired) electrons. The molecule has 1 fully saturated rings. The van der Waals surface area contributed by atoms with Crippen molar-refractivity contribution in [3.8, 4) is 17.0 Å². The first-order valence-corrected chi connectivity index (χ1v) is 12.5. The highest BCUT2D eigenvalue weighted by Crippen LogP contribution is 2.41. The van der Waals surface area contributed by atoms with Gasteiger partial charge in [0.15, 0.2) is 5.82 Å². The Kier molecular flexibility index (Phi) is 6.18. The number of aromatic hydroxyl groups is 1. The molecule has 1 saturated heterocycles. The summed E-state index contributed by atoms with van der Waals surface area (Å²) in [7, 11) is 0. The van der Waals surface area contributed by atoms with Crippen molar-refractivity contribution in [1.82, 2.24) is 15.1 Å². The molecule has 9 heteroatoms. The fourth-order valence-electron chi connectivity index (χ4n) is 4.69. The fourth-order valence-corrected chi connectivity index (χ4v) is 5.48. The number of esters is 1. The van der Waals surface area contributed by atoms with E-state index in [9.17, 15) is 9.90 Å². The van der Waals surface area contributed by atoms with E-state index in [4.69, 9.17) is 9.47 Å². The summed E-state index contributed by atoms with van der Waals surface area (Å²) >= 11 is 1.60. The van der Waals surface area contributed by atoms with Gasteiger partial charge >= 0.3 is 5.97 Å². The summed E-state index contributed by atoms with van der Waals surface area (Å²) < 4.78 is 12.3. The lowest BCUT2D eigenvalue weighted by Gasteiger charge is -2.33. The Labute approximate surface area is 202 Å². The molecule has 2 aliphatic heterocycles. The van der Waals surface area contributed by atoms with Crippen molar-refractivity contribution in [2.75, 3.05) is 25.0 Å². The highest BCUT2D eigenvalue weighted by Gasteiger charge is 2.28. The minimum Gasteiger partial charge on any atom is -0.507 e. The van der Waals surface area contributed by atoms with E-state index in [0.29, 0.717) is 24.5 Å². The summed E-state index contributed by atoms with van der Waals surface area (Å²) in [5, 5.41) is 26.2. The molecule has 34 heavy (non-hydrogen) atoms. The van der Waals surface area contributed by atoms with Crippen LogP contribution in [0.2, 0.25) is 0 Å². The lowest BCUT2D eigenvalue weighted by atomic mass is 10.0. The zero-order chi connectivity index (χ0) is 23.9. The molecule has 180 valence electrons. The maximum atomic E-state index is 12.3. The largest absolute Gasteiger partial charge is 0.507 e. The summed E-state index contributed by atoms with van der Waals surface area (Å²) in [6.45, 7) is 8.42. The van der Waals surface area contributed by atoms with Gasteiger partial charge < -0.3 is 19.9 Å². The zero-order valence-electron chi connectivity index (χ0n) is 19.8. The number of fused-ring (bicyclic) bond motifs is 2. The molecule has 2 aliphatic rings. The predicted molar refractivity (Wildman–Crippen MR) is 132 cm³/mol. The van der Waals surface area contributed by atoms with Gasteiger partial charge in [-0.25, -0.2) is 0 Å². The molecule has 1 atom stereocenters. The normalized spacial score (nSPS) is 18.7. The molecule has 0 amide bonds. The third-order valence-electron chi connectivity index (χ3n) is 6.16. The number of anilines is 1. The molecule has 3 aromatic rings. The van der Waals surface area contributed by atoms with Crippen molar-refractivity contribution in [3.05, 3.63) is 34.7 Å². The summed E-state index contributed by atoms with van der Waals surface area (Å²) in [6.07, 6.45) is 1.97. The molecular weight excluding hydrogens is 452 g/mol. The second-order valence-corrected chi connectivity index (χ2v) is 10.9. The van der Waals surface area contributed by atoms with Crippen molar-refractivity contribution in [1.29, 1.82) is 0 Å². The topological polar surface area (TPSA) is 96.8 Å². The Morgan fingerprint density at radius 2 is 2.09 bits per heavy atom. The number of rotatable bonds is 5. The second-order valence-electron chi connectivity index (χ2n) is 9.95. The number of likely N-dealkylation sites (tertiary alicyclic amines) is 1. The van der Waals surface area contributed by atoms with Crippen molar-refractivity contribution < 1.29 is 19.4 Å². The van der Waals surface area contributed by atoms with Crippen LogP contribution in [-0.2, 0) is 27.5 Å². The summed E-state index contributed by atoms with van der Waals surface area (Å²) in [5.41, 5.74) is 2.81. The quantitative estimate of drug-likeness (QED) is 0.519. The van der Waals surface area contributed by atoms with Gasteiger partial charge in [-0.1, -0.05) is 0 Å². The van der Waals surface area contributed by atoms with Gasteiger partial charge in [0.2, 0.25) is 0 Å². The van der Waals surface area contributed by atoms with Gasteiger partial charge in [0.1, 0.15) is 17.0 Å². The van der Waals surface area contributed by atoms with Crippen LogP contribution < -0.4 is 5.32 Å². The molecule has 5 rings (SSSR count). The number of ether oxygens (including phenoxy) is 2. The number of hydrogen-bond acceptors (Lipinski definition) is 9. The van der Waals surface area contributed by atoms with E-state index in [-0.39, 0.29) is 24.3 Å². The van der Waals surface area contributed by atoms with E-state index in [1.165, 1.54) is 0 Å². The van der Waals surface area contributed by atoms with Gasteiger partial charge in [-0.05, 0) is 63.7 Å². The van der Waals surface area contributed by atoms with Gasteiger partial charge in [-0.2, -0.15) is 0 Å². The second kappa shape index (κ2) is 9.13. The molecule has 8 nitrogen and oxygen atoms in total. The zero-order valence-corrected chi connectivity index (χ0v) is 20.6. The molecule has 0 bridgehead atoms. The Morgan fingerprint density at radius 1 is 1.26 bits per heavy atom. The SMILES string of the molecule is CC(C)(C)OC(=O)CN1CCC[C@@H](Nc2nnc(-c3ccc4sccc4c3O)c3c2COC3)C1. The van der Waals surface area contributed by atoms with Crippen LogP contribution in [-0.4, -0.2) is 57.5 Å². The Hall–Kier alpha value is -2.75. The molecule has 2 aromatic heterocycles. The Morgan fingerprint density at radius 3 is 2.91 bits per heavy atom. The van der Waals surface area contributed by atoms with E-state index < -0.39 is 5.60 Å². The van der Waals surface area contributed by atoms with Crippen LogP contribution in [0, 0.1) is 0 Å². The Bertz CT molecular complexity index is 1220. The smallest absolute Gasteiger partial charge is 0.320 e. The highest BCUT2D eigenvalue weighted by atomic mass is 32.1. The van der Waals surface area contributed by atoms with Crippen LogP contribution in [0.4, 0.5) is 5.82 Å². The van der Waals surface area contributed by atoms with Crippen molar-refractivity contribution in [2.45, 2.75) is 58.5 Å². The van der Waals surface area contributed by atoms with Gasteiger partial charge in [0, 0.05) is 39.4 Å². The van der Waals surface area contributed by atoms with Crippen LogP contribution in [0.15, 0.2) is 23.6 Å². The maximum absolute atomic E-state index is 12.3. The van der Waals surface area contributed by atoms with Crippen LogP contribution in [0.25, 0.3) is 21.3 Å². The van der Waals surface area contributed by atoms with E-state index in [1.54, 1.807) is 11.3 Å². The number of phenolic OH excluding ortho intramolecular Hbond substituents is 1. The number of carbonyl (C=O) groups is 1. The lowest BCUT2D eigenvalue weighted by molar-refractivity contribution is -0.156. The first-order chi connectivity index (χ1) is 16.3. The van der Waals surface area contributed by atoms with Crippen molar-refractivity contribution in [2.24, 2.45) is 0 Å². The number of nitrogens with one attached hydrogen (secondary N) is 1. The van der Waals surface area contributed by atoms with Crippen LogP contribution in [0.1, 0.15) is 44.7 Å². The maximum Gasteiger partial charge on any atom is 0.320 e. The van der Waals surface area contributed by atoms with Crippen LogP contribution in [0.5, 0.6) is 5.75 Å². The van der Waals surface area contributed by atoms with Gasteiger partial charge in [0.05, 0.1) is 19.8 Å². The standard InChI is InChI=1S/C25H30N4O4S/c1-25(2,3)33-21(30)12-29-9-4-5-15(11-29)26-24-19-14-32-13-18(19)22(27-28-24)17-6-7-20-16(23(17)31)8-10-34-20/h6-8,10,15,31H,4-5,9,11-14H2,1-3H3,(H,26,28)/t15-/m1/s1.